The Kier molecular flexibility index (Phi) is 6.12. The van der Waals surface area contributed by atoms with Crippen molar-refractivity contribution < 1.29 is 9.59 Å². The molecule has 2 aromatic carbocycles. The predicted molar refractivity (Wildman–Crippen MR) is 112 cm³/mol. The van der Waals surface area contributed by atoms with Gasteiger partial charge in [-0.2, -0.15) is 4.80 Å². The highest BCUT2D eigenvalue weighted by molar-refractivity contribution is 5.90. The van der Waals surface area contributed by atoms with E-state index in [1.165, 1.54) is 4.80 Å². The van der Waals surface area contributed by atoms with Crippen molar-refractivity contribution >= 4 is 17.5 Å². The maximum Gasteiger partial charge on any atom is 0.224 e. The predicted octanol–water partition coefficient (Wildman–Crippen LogP) is 2.88. The van der Waals surface area contributed by atoms with Crippen LogP contribution in [0.4, 0.5) is 5.69 Å². The van der Waals surface area contributed by atoms with Crippen LogP contribution in [-0.4, -0.2) is 43.5 Å². The Hall–Kier alpha value is -3.55. The molecule has 1 aromatic heterocycles. The van der Waals surface area contributed by atoms with Gasteiger partial charge in [-0.15, -0.1) is 10.2 Å². The lowest BCUT2D eigenvalue weighted by molar-refractivity contribution is -0.128. The highest BCUT2D eigenvalue weighted by Crippen LogP contribution is 2.17. The third kappa shape index (κ3) is 5.08. The quantitative estimate of drug-likeness (QED) is 0.623. The Bertz CT molecular complexity index is 1020. The largest absolute Gasteiger partial charge is 0.338 e. The zero-order valence-electron chi connectivity index (χ0n) is 16.7. The van der Waals surface area contributed by atoms with Gasteiger partial charge in [0.05, 0.1) is 6.54 Å². The fourth-order valence-corrected chi connectivity index (χ4v) is 3.48. The van der Waals surface area contributed by atoms with Gasteiger partial charge in [0.25, 0.3) is 0 Å². The van der Waals surface area contributed by atoms with Crippen LogP contribution >= 0.6 is 0 Å². The van der Waals surface area contributed by atoms with E-state index < -0.39 is 0 Å². The normalized spacial score (nSPS) is 13.6. The van der Waals surface area contributed by atoms with E-state index in [0.29, 0.717) is 38.2 Å². The van der Waals surface area contributed by atoms with Crippen LogP contribution in [0.15, 0.2) is 54.6 Å². The molecule has 154 valence electrons. The Labute approximate surface area is 174 Å². The van der Waals surface area contributed by atoms with Crippen molar-refractivity contribution in [1.29, 1.82) is 0 Å². The summed E-state index contributed by atoms with van der Waals surface area (Å²) in [7, 11) is 0. The molecule has 2 heterocycles. The maximum absolute atomic E-state index is 12.3. The molecular weight excluding hydrogens is 380 g/mol. The number of amides is 2. The van der Waals surface area contributed by atoms with Crippen molar-refractivity contribution in [3.63, 3.8) is 0 Å². The van der Waals surface area contributed by atoms with Gasteiger partial charge in [-0.25, -0.2) is 0 Å². The van der Waals surface area contributed by atoms with Gasteiger partial charge in [-0.3, -0.25) is 9.59 Å². The molecule has 3 aromatic rings. The van der Waals surface area contributed by atoms with Gasteiger partial charge in [0.1, 0.15) is 0 Å². The second kappa shape index (κ2) is 9.30. The third-order valence-electron chi connectivity index (χ3n) is 5.00. The van der Waals surface area contributed by atoms with E-state index in [9.17, 15) is 9.59 Å². The zero-order chi connectivity index (χ0) is 20.8. The zero-order valence-corrected chi connectivity index (χ0v) is 16.7. The van der Waals surface area contributed by atoms with Gasteiger partial charge in [0.15, 0.2) is 0 Å². The molecule has 1 aliphatic heterocycles. The van der Waals surface area contributed by atoms with Gasteiger partial charge < -0.3 is 10.2 Å². The van der Waals surface area contributed by atoms with Gasteiger partial charge in [0, 0.05) is 37.2 Å². The smallest absolute Gasteiger partial charge is 0.224 e. The number of aryl methyl sites for hydroxylation is 1. The Morgan fingerprint density at radius 3 is 2.77 bits per heavy atom. The highest BCUT2D eigenvalue weighted by atomic mass is 16.2. The summed E-state index contributed by atoms with van der Waals surface area (Å²) in [5.74, 6) is 0.711. The lowest BCUT2D eigenvalue weighted by Crippen LogP contribution is -2.23. The lowest BCUT2D eigenvalue weighted by atomic mass is 10.2. The van der Waals surface area contributed by atoms with E-state index in [1.54, 1.807) is 0 Å². The van der Waals surface area contributed by atoms with Crippen LogP contribution in [-0.2, 0) is 22.7 Å². The number of carbonyl (C=O) groups excluding carboxylic acids is 2. The molecule has 0 spiro atoms. The molecule has 0 aliphatic carbocycles. The van der Waals surface area contributed by atoms with Crippen LogP contribution in [0.3, 0.4) is 0 Å². The first-order chi connectivity index (χ1) is 14.7. The minimum Gasteiger partial charge on any atom is -0.338 e. The van der Waals surface area contributed by atoms with Gasteiger partial charge in [-0.05, 0) is 35.8 Å². The van der Waals surface area contributed by atoms with Crippen molar-refractivity contribution in [3.8, 4) is 11.4 Å². The number of nitrogens with zero attached hydrogens (tertiary/aromatic N) is 5. The van der Waals surface area contributed by atoms with Crippen molar-refractivity contribution in [2.45, 2.75) is 38.8 Å². The van der Waals surface area contributed by atoms with Crippen molar-refractivity contribution in [1.82, 2.24) is 25.1 Å². The Morgan fingerprint density at radius 1 is 1.10 bits per heavy atom. The molecule has 2 amide bonds. The summed E-state index contributed by atoms with van der Waals surface area (Å²) >= 11 is 0. The van der Waals surface area contributed by atoms with Gasteiger partial charge in [0.2, 0.25) is 17.6 Å². The molecule has 8 heteroatoms. The van der Waals surface area contributed by atoms with Gasteiger partial charge >= 0.3 is 0 Å². The standard InChI is InChI=1S/C22H24N6O2/c29-20(11-5-14-28-25-22(24-26-28)18-8-2-1-3-9-18)23-19-10-4-7-17(15-19)16-27-13-6-12-21(27)30/h1-4,7-10,15H,5-6,11-14,16H2,(H,23,29). The molecule has 0 radical (unpaired) electrons. The van der Waals surface area contributed by atoms with E-state index in [0.717, 1.165) is 29.8 Å². The molecule has 1 saturated heterocycles. The highest BCUT2D eigenvalue weighted by Gasteiger charge is 2.20. The van der Waals surface area contributed by atoms with E-state index >= 15 is 0 Å². The summed E-state index contributed by atoms with van der Waals surface area (Å²) in [4.78, 5) is 27.5. The second-order valence-electron chi connectivity index (χ2n) is 7.35. The summed E-state index contributed by atoms with van der Waals surface area (Å²) < 4.78 is 0. The maximum atomic E-state index is 12.3. The van der Waals surface area contributed by atoms with E-state index in [4.69, 9.17) is 0 Å². The number of nitrogens with one attached hydrogen (secondary N) is 1. The van der Waals surface area contributed by atoms with E-state index in [1.807, 2.05) is 59.5 Å². The Morgan fingerprint density at radius 2 is 1.97 bits per heavy atom. The number of rotatable bonds is 8. The van der Waals surface area contributed by atoms with Crippen molar-refractivity contribution in [3.05, 3.63) is 60.2 Å². The van der Waals surface area contributed by atoms with Crippen LogP contribution in [0.5, 0.6) is 0 Å². The van der Waals surface area contributed by atoms with Crippen LogP contribution in [0.2, 0.25) is 0 Å². The minimum atomic E-state index is -0.0622. The molecule has 0 saturated carbocycles. The molecule has 1 N–H and O–H groups in total. The molecule has 0 unspecified atom stereocenters. The molecule has 8 nitrogen and oxygen atoms in total. The topological polar surface area (TPSA) is 93.0 Å². The monoisotopic (exact) mass is 404 g/mol. The molecule has 4 rings (SSSR count). The first-order valence-corrected chi connectivity index (χ1v) is 10.2. The Balaban J connectivity index is 1.25. The average molecular weight is 404 g/mol. The summed E-state index contributed by atoms with van der Waals surface area (Å²) in [6, 6.07) is 17.3. The minimum absolute atomic E-state index is 0.0622. The molecule has 1 aliphatic rings. The number of hydrogen-bond donors (Lipinski definition) is 1. The number of hydrogen-bond acceptors (Lipinski definition) is 5. The second-order valence-corrected chi connectivity index (χ2v) is 7.35. The van der Waals surface area contributed by atoms with Gasteiger partial charge in [-0.1, -0.05) is 42.5 Å². The fourth-order valence-electron chi connectivity index (χ4n) is 3.48. The van der Waals surface area contributed by atoms with Crippen LogP contribution < -0.4 is 5.32 Å². The number of benzene rings is 2. The first-order valence-electron chi connectivity index (χ1n) is 10.2. The van der Waals surface area contributed by atoms with Crippen LogP contribution in [0.25, 0.3) is 11.4 Å². The molecule has 30 heavy (non-hydrogen) atoms. The first kappa shape index (κ1) is 19.8. The number of likely N-dealkylation sites (tertiary alicyclic amines) is 1. The van der Waals surface area contributed by atoms with E-state index in [2.05, 4.69) is 20.7 Å². The number of anilines is 1. The van der Waals surface area contributed by atoms with Crippen LogP contribution in [0, 0.1) is 0 Å². The summed E-state index contributed by atoms with van der Waals surface area (Å²) in [6.07, 6.45) is 2.52. The van der Waals surface area contributed by atoms with Crippen LogP contribution in [0.1, 0.15) is 31.2 Å². The molecule has 1 fully saturated rings. The van der Waals surface area contributed by atoms with Crippen molar-refractivity contribution in [2.24, 2.45) is 0 Å². The molecule has 0 atom stereocenters. The fraction of sp³-hybridized carbons (Fsp3) is 0.318. The van der Waals surface area contributed by atoms with Crippen molar-refractivity contribution in [2.75, 3.05) is 11.9 Å². The summed E-state index contributed by atoms with van der Waals surface area (Å²) in [6.45, 7) is 1.91. The lowest BCUT2D eigenvalue weighted by Gasteiger charge is -2.16. The molecular formula is C22H24N6O2. The summed E-state index contributed by atoms with van der Waals surface area (Å²) in [5.41, 5.74) is 2.68. The number of carbonyl (C=O) groups is 2. The molecule has 0 bridgehead atoms. The number of aromatic nitrogens is 4. The summed E-state index contributed by atoms with van der Waals surface area (Å²) in [5, 5.41) is 15.4. The number of tetrazole rings is 1. The van der Waals surface area contributed by atoms with E-state index in [-0.39, 0.29) is 11.8 Å². The average Bonchev–Trinajstić information content (AvgIpc) is 3.38. The third-order valence-corrected chi connectivity index (χ3v) is 5.00. The SMILES string of the molecule is O=C(CCCn1nnc(-c2ccccc2)n1)Nc1cccc(CN2CCCC2=O)c1.